The average Bonchev–Trinajstić information content (AvgIpc) is 2.86. The molecule has 5 aromatic carbocycles. The lowest BCUT2D eigenvalue weighted by atomic mass is 9.78. The van der Waals surface area contributed by atoms with Gasteiger partial charge >= 0.3 is 11.9 Å². The van der Waals surface area contributed by atoms with Gasteiger partial charge in [-0.15, -0.1) is 0 Å². The molecule has 184 valence electrons. The first-order valence-corrected chi connectivity index (χ1v) is 12.7. The summed E-state index contributed by atoms with van der Waals surface area (Å²) in [4.78, 5) is 24.3. The average molecular weight is 622 g/mol. The van der Waals surface area contributed by atoms with Gasteiger partial charge in [-0.2, -0.15) is 0 Å². The van der Waals surface area contributed by atoms with Gasteiger partial charge in [0, 0.05) is 26.0 Å². The Morgan fingerprint density at radius 1 is 0.622 bits per heavy atom. The van der Waals surface area contributed by atoms with Crippen LogP contribution >= 0.6 is 31.9 Å². The quantitative estimate of drug-likeness (QED) is 0.151. The zero-order valence-corrected chi connectivity index (χ0v) is 22.1. The van der Waals surface area contributed by atoms with E-state index in [1.807, 2.05) is 6.07 Å². The molecule has 5 aromatic rings. The first-order chi connectivity index (χ1) is 17.7. The molecule has 0 aliphatic rings. The molecule has 0 heterocycles. The highest BCUT2D eigenvalue weighted by molar-refractivity contribution is 9.10. The predicted molar refractivity (Wildman–Crippen MR) is 148 cm³/mol. The molecule has 0 radical (unpaired) electrons. The lowest BCUT2D eigenvalue weighted by Crippen LogP contribution is -2.10. The van der Waals surface area contributed by atoms with Gasteiger partial charge in [-0.1, -0.05) is 74.3 Å². The van der Waals surface area contributed by atoms with Crippen molar-refractivity contribution in [1.29, 1.82) is 0 Å². The van der Waals surface area contributed by atoms with Gasteiger partial charge in [0.25, 0.3) is 0 Å². The van der Waals surface area contributed by atoms with E-state index in [4.69, 9.17) is 0 Å². The van der Waals surface area contributed by atoms with Crippen LogP contribution in [0.3, 0.4) is 0 Å². The SMILES string of the molecule is O=C(O)c1cc2cc(Br)ccc2c(C(c2ccccc2)c2c(O)c(C(=O)O)cc3cc(Br)ccc23)c1O. The summed E-state index contributed by atoms with van der Waals surface area (Å²) in [6, 6.07) is 22.3. The lowest BCUT2D eigenvalue weighted by Gasteiger charge is -2.26. The topological polar surface area (TPSA) is 115 Å². The highest BCUT2D eigenvalue weighted by Gasteiger charge is 2.31. The van der Waals surface area contributed by atoms with Crippen molar-refractivity contribution in [2.75, 3.05) is 0 Å². The summed E-state index contributed by atoms with van der Waals surface area (Å²) < 4.78 is 1.44. The van der Waals surface area contributed by atoms with Gasteiger partial charge in [0.15, 0.2) is 0 Å². The zero-order chi connectivity index (χ0) is 26.4. The number of carbonyl (C=O) groups is 2. The van der Waals surface area contributed by atoms with E-state index >= 15 is 0 Å². The molecule has 0 unspecified atom stereocenters. The van der Waals surface area contributed by atoms with Crippen LogP contribution in [-0.2, 0) is 0 Å². The Morgan fingerprint density at radius 3 is 1.46 bits per heavy atom. The molecule has 8 heteroatoms. The second-order valence-corrected chi connectivity index (χ2v) is 10.4. The summed E-state index contributed by atoms with van der Waals surface area (Å²) in [5, 5.41) is 44.9. The highest BCUT2D eigenvalue weighted by atomic mass is 79.9. The molecule has 0 spiro atoms. The zero-order valence-electron chi connectivity index (χ0n) is 18.9. The van der Waals surface area contributed by atoms with E-state index in [0.29, 0.717) is 27.1 Å². The van der Waals surface area contributed by atoms with Gasteiger partial charge in [0.05, 0.1) is 0 Å². The highest BCUT2D eigenvalue weighted by Crippen LogP contribution is 2.49. The van der Waals surface area contributed by atoms with Crippen molar-refractivity contribution in [1.82, 2.24) is 0 Å². The minimum atomic E-state index is -1.32. The molecule has 0 atom stereocenters. The van der Waals surface area contributed by atoms with E-state index in [9.17, 15) is 30.0 Å². The fraction of sp³-hybridized carbons (Fsp3) is 0.0345. The first kappa shape index (κ1) is 24.8. The Balaban J connectivity index is 2.01. The number of hydrogen-bond acceptors (Lipinski definition) is 4. The fourth-order valence-electron chi connectivity index (χ4n) is 4.82. The van der Waals surface area contributed by atoms with Crippen LogP contribution in [0.4, 0.5) is 0 Å². The van der Waals surface area contributed by atoms with Crippen molar-refractivity contribution in [3.05, 3.63) is 116 Å². The standard InChI is InChI=1S/C29H18Br2O6/c30-17-6-8-19-15(10-17)12-21(28(34)35)26(32)24(19)23(14-4-2-1-3-5-14)25-20-9-7-18(31)11-16(20)13-22(27(25)33)29(36)37/h1-13,23,32-33H,(H,34,35)(H,36,37). The number of halogens is 2. The summed E-state index contributed by atoms with van der Waals surface area (Å²) in [7, 11) is 0. The minimum absolute atomic E-state index is 0.246. The van der Waals surface area contributed by atoms with Crippen molar-refractivity contribution in [2.24, 2.45) is 0 Å². The molecule has 0 bridgehead atoms. The van der Waals surface area contributed by atoms with Gasteiger partial charge < -0.3 is 20.4 Å². The third-order valence-electron chi connectivity index (χ3n) is 6.40. The Kier molecular flexibility index (Phi) is 6.39. The van der Waals surface area contributed by atoms with Crippen LogP contribution in [0.1, 0.15) is 43.3 Å². The van der Waals surface area contributed by atoms with Crippen LogP contribution in [-0.4, -0.2) is 32.4 Å². The van der Waals surface area contributed by atoms with Crippen molar-refractivity contribution >= 4 is 65.3 Å². The number of aromatic hydroxyl groups is 2. The number of carboxylic acids is 2. The van der Waals surface area contributed by atoms with Crippen LogP contribution in [0.5, 0.6) is 11.5 Å². The van der Waals surface area contributed by atoms with Gasteiger partial charge in [-0.3, -0.25) is 0 Å². The molecule has 0 fully saturated rings. The molecule has 0 aliphatic carbocycles. The summed E-state index contributed by atoms with van der Waals surface area (Å²) in [5.41, 5.74) is 0.517. The van der Waals surface area contributed by atoms with E-state index in [1.165, 1.54) is 12.1 Å². The maximum absolute atomic E-state index is 12.2. The second-order valence-electron chi connectivity index (χ2n) is 8.56. The number of carboxylic acid groups (broad SMARTS) is 2. The van der Waals surface area contributed by atoms with E-state index in [-0.39, 0.29) is 22.3 Å². The summed E-state index contributed by atoms with van der Waals surface area (Å²) in [5.74, 6) is -4.45. The van der Waals surface area contributed by atoms with Crippen LogP contribution in [0.25, 0.3) is 21.5 Å². The van der Waals surface area contributed by atoms with Gasteiger partial charge in [0.1, 0.15) is 22.6 Å². The molecule has 0 amide bonds. The maximum Gasteiger partial charge on any atom is 0.339 e. The molecular weight excluding hydrogens is 604 g/mol. The van der Waals surface area contributed by atoms with Crippen molar-refractivity contribution in [2.45, 2.75) is 5.92 Å². The number of phenols is 2. The molecule has 37 heavy (non-hydrogen) atoms. The maximum atomic E-state index is 12.2. The van der Waals surface area contributed by atoms with Crippen LogP contribution in [0, 0.1) is 0 Å². The van der Waals surface area contributed by atoms with E-state index < -0.39 is 29.4 Å². The van der Waals surface area contributed by atoms with Crippen molar-refractivity contribution in [3.63, 3.8) is 0 Å². The summed E-state index contributed by atoms with van der Waals surface area (Å²) in [6.45, 7) is 0. The van der Waals surface area contributed by atoms with Crippen molar-refractivity contribution in [3.8, 4) is 11.5 Å². The second kappa shape index (κ2) is 9.53. The van der Waals surface area contributed by atoms with Crippen molar-refractivity contribution < 1.29 is 30.0 Å². The number of aromatic carboxylic acids is 2. The van der Waals surface area contributed by atoms with E-state index in [1.54, 1.807) is 60.7 Å². The van der Waals surface area contributed by atoms with Gasteiger partial charge in [-0.05, 0) is 63.5 Å². The Labute approximate surface area is 227 Å². The Hall–Kier alpha value is -3.88. The molecule has 0 saturated heterocycles. The van der Waals surface area contributed by atoms with Crippen LogP contribution in [0.2, 0.25) is 0 Å². The van der Waals surface area contributed by atoms with E-state index in [0.717, 1.165) is 8.95 Å². The molecule has 5 rings (SSSR count). The smallest absolute Gasteiger partial charge is 0.339 e. The largest absolute Gasteiger partial charge is 0.507 e. The fourth-order valence-corrected chi connectivity index (χ4v) is 5.58. The number of benzene rings is 5. The third-order valence-corrected chi connectivity index (χ3v) is 7.39. The molecule has 0 aliphatic heterocycles. The van der Waals surface area contributed by atoms with Gasteiger partial charge in [-0.25, -0.2) is 9.59 Å². The lowest BCUT2D eigenvalue weighted by molar-refractivity contribution is 0.0682. The van der Waals surface area contributed by atoms with E-state index in [2.05, 4.69) is 31.9 Å². The number of rotatable bonds is 5. The Morgan fingerprint density at radius 2 is 1.05 bits per heavy atom. The first-order valence-electron chi connectivity index (χ1n) is 11.1. The van der Waals surface area contributed by atoms with Crippen LogP contribution in [0.15, 0.2) is 87.8 Å². The minimum Gasteiger partial charge on any atom is -0.507 e. The molecule has 4 N–H and O–H groups in total. The molecule has 0 saturated carbocycles. The van der Waals surface area contributed by atoms with Crippen LogP contribution < -0.4 is 0 Å². The number of hydrogen-bond donors (Lipinski definition) is 4. The number of fused-ring (bicyclic) bond motifs is 2. The monoisotopic (exact) mass is 620 g/mol. The third kappa shape index (κ3) is 4.32. The normalized spacial score (nSPS) is 11.3. The molecule has 6 nitrogen and oxygen atoms in total. The Bertz CT molecular complexity index is 1620. The predicted octanol–water partition coefficient (Wildman–Crippen LogP) is 7.51. The molecular formula is C29H18Br2O6. The van der Waals surface area contributed by atoms with Gasteiger partial charge in [0.2, 0.25) is 0 Å². The summed E-state index contributed by atoms with van der Waals surface area (Å²) in [6.07, 6.45) is 0. The molecule has 0 aromatic heterocycles. The summed E-state index contributed by atoms with van der Waals surface area (Å²) >= 11 is 6.84.